The van der Waals surface area contributed by atoms with Gasteiger partial charge in [-0.1, -0.05) is 107 Å². The van der Waals surface area contributed by atoms with Gasteiger partial charge in [-0.25, -0.2) is 5.43 Å². The van der Waals surface area contributed by atoms with E-state index < -0.39 is 0 Å². The van der Waals surface area contributed by atoms with Crippen LogP contribution in [-0.4, -0.2) is 52.9 Å². The summed E-state index contributed by atoms with van der Waals surface area (Å²) in [6.45, 7) is 16.1. The van der Waals surface area contributed by atoms with Crippen molar-refractivity contribution in [3.05, 3.63) is 95.3 Å². The van der Waals surface area contributed by atoms with Gasteiger partial charge in [0.25, 0.3) is 5.91 Å². The lowest BCUT2D eigenvalue weighted by molar-refractivity contribution is -0.134. The summed E-state index contributed by atoms with van der Waals surface area (Å²) < 4.78 is 0. The molecule has 5 rings (SSSR count). The zero-order chi connectivity index (χ0) is 27.1. The van der Waals surface area contributed by atoms with Crippen molar-refractivity contribution in [1.82, 2.24) is 20.2 Å². The van der Waals surface area contributed by atoms with Gasteiger partial charge >= 0.3 is 0 Å². The number of aryl methyl sites for hydroxylation is 1. The highest BCUT2D eigenvalue weighted by Gasteiger charge is 2.41. The Hall–Kier alpha value is -3.05. The molecule has 1 N–H and O–H groups in total. The number of hydrogen-bond donors (Lipinski definition) is 1. The molecule has 3 unspecified atom stereocenters. The number of fused-ring (bicyclic) bond motifs is 1. The number of nitrogens with one attached hydrogen (secondary N) is 1. The Balaban J connectivity index is 0.00000164. The van der Waals surface area contributed by atoms with Gasteiger partial charge in [0.05, 0.1) is 18.6 Å². The van der Waals surface area contributed by atoms with E-state index in [1.54, 1.807) is 0 Å². The Morgan fingerprint density at radius 2 is 1.74 bits per heavy atom. The van der Waals surface area contributed by atoms with Crippen LogP contribution in [-0.2, 0) is 4.79 Å². The van der Waals surface area contributed by atoms with E-state index in [1.807, 2.05) is 18.7 Å². The second kappa shape index (κ2) is 13.1. The maximum Gasteiger partial charge on any atom is 0.271 e. The summed E-state index contributed by atoms with van der Waals surface area (Å²) in [4.78, 5) is 18.1. The average molecular weight is 515 g/mol. The largest absolute Gasteiger partial charge is 0.373 e. The molecule has 3 atom stereocenters. The SMILES string of the molecule is C=C(CN1CC(CCCCC)N2NC(c3ccc(C)cc3)C=C2C1=O)N1CCC(c2ccccc2)C1.CC. The molecule has 3 heterocycles. The van der Waals surface area contributed by atoms with E-state index in [2.05, 4.69) is 96.4 Å². The number of unbranched alkanes of at least 4 members (excludes halogenated alkanes) is 2. The summed E-state index contributed by atoms with van der Waals surface area (Å²) in [5.74, 6) is 0.651. The maximum absolute atomic E-state index is 13.7. The summed E-state index contributed by atoms with van der Waals surface area (Å²) >= 11 is 0. The number of carbonyl (C=O) groups is 1. The number of likely N-dealkylation sites (tertiary alicyclic amines) is 1. The molecule has 3 aliphatic rings. The lowest BCUT2D eigenvalue weighted by Gasteiger charge is -2.42. The molecule has 2 fully saturated rings. The molecule has 38 heavy (non-hydrogen) atoms. The Labute approximate surface area is 230 Å². The molecule has 2 aromatic carbocycles. The summed E-state index contributed by atoms with van der Waals surface area (Å²) in [5, 5.41) is 2.17. The number of benzene rings is 2. The Bertz CT molecular complexity index is 1090. The molecule has 2 aromatic rings. The van der Waals surface area contributed by atoms with Crippen molar-refractivity contribution in [2.24, 2.45) is 0 Å². The van der Waals surface area contributed by atoms with Gasteiger partial charge in [0.15, 0.2) is 0 Å². The summed E-state index contributed by atoms with van der Waals surface area (Å²) in [6.07, 6.45) is 7.93. The van der Waals surface area contributed by atoms with Crippen molar-refractivity contribution in [1.29, 1.82) is 0 Å². The highest BCUT2D eigenvalue weighted by Crippen LogP contribution is 2.34. The number of piperazine rings is 1. The first-order chi connectivity index (χ1) is 18.5. The average Bonchev–Trinajstić information content (AvgIpc) is 3.62. The van der Waals surface area contributed by atoms with Crippen molar-refractivity contribution < 1.29 is 4.79 Å². The van der Waals surface area contributed by atoms with Gasteiger partial charge in [0.1, 0.15) is 5.70 Å². The molecule has 0 aromatic heterocycles. The molecule has 2 saturated heterocycles. The van der Waals surface area contributed by atoms with Crippen molar-refractivity contribution in [2.75, 3.05) is 26.2 Å². The number of amides is 1. The van der Waals surface area contributed by atoms with E-state index in [0.29, 0.717) is 12.5 Å². The Kier molecular flexibility index (Phi) is 9.68. The number of carbonyl (C=O) groups excluding carboxylic acids is 1. The fourth-order valence-electron chi connectivity index (χ4n) is 5.85. The van der Waals surface area contributed by atoms with Gasteiger partial charge in [-0.3, -0.25) is 9.80 Å². The van der Waals surface area contributed by atoms with Crippen LogP contribution < -0.4 is 5.43 Å². The van der Waals surface area contributed by atoms with Crippen LogP contribution in [0.15, 0.2) is 78.6 Å². The first kappa shape index (κ1) is 28.0. The van der Waals surface area contributed by atoms with Crippen molar-refractivity contribution in [2.45, 2.75) is 77.8 Å². The van der Waals surface area contributed by atoms with Crippen LogP contribution >= 0.6 is 0 Å². The van der Waals surface area contributed by atoms with Crippen molar-refractivity contribution in [3.8, 4) is 0 Å². The van der Waals surface area contributed by atoms with Crippen molar-refractivity contribution >= 4 is 5.91 Å². The molecular formula is C33H46N4O. The van der Waals surface area contributed by atoms with Gasteiger partial charge in [0.2, 0.25) is 0 Å². The third-order valence-electron chi connectivity index (χ3n) is 8.02. The molecule has 5 heteroatoms. The molecule has 5 nitrogen and oxygen atoms in total. The van der Waals surface area contributed by atoms with Crippen LogP contribution in [0.3, 0.4) is 0 Å². The molecule has 204 valence electrons. The van der Waals surface area contributed by atoms with E-state index >= 15 is 0 Å². The lowest BCUT2D eigenvalue weighted by atomic mass is 9.99. The highest BCUT2D eigenvalue weighted by molar-refractivity contribution is 5.94. The van der Waals surface area contributed by atoms with Crippen LogP contribution in [0.4, 0.5) is 0 Å². The molecule has 0 saturated carbocycles. The van der Waals surface area contributed by atoms with E-state index in [9.17, 15) is 4.79 Å². The molecule has 3 aliphatic heterocycles. The standard InChI is InChI=1S/C31H40N4O.C2H6/c1-4-5-7-12-28-22-34(20-24(3)33-18-17-27(21-33)25-10-8-6-9-11-25)31(36)30-19-29(32-35(28)30)26-15-13-23(2)14-16-26;1-2/h6,8-11,13-16,19,27-29,32H,3-5,7,12,17-18,20-22H2,1-2H3;1-2H3. The molecule has 0 aliphatic carbocycles. The topological polar surface area (TPSA) is 38.8 Å². The van der Waals surface area contributed by atoms with E-state index in [0.717, 1.165) is 43.9 Å². The molecular weight excluding hydrogens is 468 g/mol. The first-order valence-corrected chi connectivity index (χ1v) is 14.6. The van der Waals surface area contributed by atoms with Gasteiger partial charge < -0.3 is 9.80 Å². The smallest absolute Gasteiger partial charge is 0.271 e. The van der Waals surface area contributed by atoms with E-state index in [-0.39, 0.29) is 18.0 Å². The summed E-state index contributed by atoms with van der Waals surface area (Å²) in [5.41, 5.74) is 9.35. The lowest BCUT2D eigenvalue weighted by Crippen LogP contribution is -2.57. The fourth-order valence-corrected chi connectivity index (χ4v) is 5.85. The third kappa shape index (κ3) is 6.32. The van der Waals surface area contributed by atoms with Gasteiger partial charge in [-0.2, -0.15) is 0 Å². The van der Waals surface area contributed by atoms with Crippen LogP contribution in [0, 0.1) is 6.92 Å². The predicted molar refractivity (Wildman–Crippen MR) is 157 cm³/mol. The monoisotopic (exact) mass is 514 g/mol. The quantitative estimate of drug-likeness (QED) is 0.385. The number of nitrogens with zero attached hydrogens (tertiary/aromatic N) is 3. The first-order valence-electron chi connectivity index (χ1n) is 14.6. The Morgan fingerprint density at radius 1 is 1.00 bits per heavy atom. The molecule has 0 radical (unpaired) electrons. The van der Waals surface area contributed by atoms with Crippen LogP contribution in [0.5, 0.6) is 0 Å². The minimum absolute atomic E-state index is 0.0339. The van der Waals surface area contributed by atoms with E-state index in [1.165, 1.54) is 36.0 Å². The zero-order valence-corrected chi connectivity index (χ0v) is 23.8. The summed E-state index contributed by atoms with van der Waals surface area (Å²) in [6, 6.07) is 19.7. The van der Waals surface area contributed by atoms with Gasteiger partial charge in [-0.05, 0) is 37.0 Å². The van der Waals surface area contributed by atoms with Crippen LogP contribution in [0.2, 0.25) is 0 Å². The van der Waals surface area contributed by atoms with Gasteiger partial charge in [-0.15, -0.1) is 0 Å². The minimum Gasteiger partial charge on any atom is -0.373 e. The number of rotatable bonds is 9. The van der Waals surface area contributed by atoms with Crippen LogP contribution in [0.25, 0.3) is 0 Å². The maximum atomic E-state index is 13.7. The third-order valence-corrected chi connectivity index (χ3v) is 8.02. The minimum atomic E-state index is 0.0339. The van der Waals surface area contributed by atoms with Gasteiger partial charge in [0, 0.05) is 31.2 Å². The van der Waals surface area contributed by atoms with Crippen molar-refractivity contribution in [3.63, 3.8) is 0 Å². The predicted octanol–water partition coefficient (Wildman–Crippen LogP) is 6.56. The summed E-state index contributed by atoms with van der Waals surface area (Å²) in [7, 11) is 0. The zero-order valence-electron chi connectivity index (χ0n) is 23.8. The van der Waals surface area contributed by atoms with Crippen LogP contribution in [0.1, 0.15) is 81.5 Å². The normalized spacial score (nSPS) is 22.6. The highest BCUT2D eigenvalue weighted by atomic mass is 16.2. The van der Waals surface area contributed by atoms with E-state index in [4.69, 9.17) is 0 Å². The fraction of sp³-hybridized carbons (Fsp3) is 0.485. The second-order valence-corrected chi connectivity index (χ2v) is 10.7. The second-order valence-electron chi connectivity index (χ2n) is 10.7. The number of hydrogen-bond acceptors (Lipinski definition) is 4. The molecule has 0 spiro atoms. The molecule has 0 bridgehead atoms. The number of hydrazine groups is 1. The molecule has 1 amide bonds. The Morgan fingerprint density at radius 3 is 2.45 bits per heavy atom.